The Morgan fingerprint density at radius 1 is 1.12 bits per heavy atom. The van der Waals surface area contributed by atoms with Crippen LogP contribution in [0.2, 0.25) is 0 Å². The third-order valence-electron chi connectivity index (χ3n) is 2.72. The fraction of sp³-hybridized carbons (Fsp3) is 0.600. The van der Waals surface area contributed by atoms with Crippen molar-refractivity contribution >= 4 is 5.69 Å². The minimum Gasteiger partial charge on any atom is -0.366 e. The normalized spacial score (nSPS) is 18.1. The van der Waals surface area contributed by atoms with Crippen LogP contribution < -0.4 is 4.90 Å². The summed E-state index contributed by atoms with van der Waals surface area (Å²) in [4.78, 5) is 11.6. The zero-order valence-corrected chi connectivity index (χ0v) is 9.11. The van der Waals surface area contributed by atoms with E-state index in [-0.39, 0.29) is 0 Å². The van der Waals surface area contributed by atoms with E-state index in [1.165, 1.54) is 12.4 Å². The molecule has 1 aliphatic heterocycles. The summed E-state index contributed by atoms with van der Waals surface area (Å²) < 4.78 is 24.5. The molecule has 0 N–H and O–H groups in total. The largest absolute Gasteiger partial charge is 0.366 e. The van der Waals surface area contributed by atoms with E-state index in [2.05, 4.69) is 26.8 Å². The Kier molecular flexibility index (Phi) is 3.28. The number of rotatable bonds is 2. The summed E-state index contributed by atoms with van der Waals surface area (Å²) in [6.07, 6.45) is 0.348. The highest BCUT2D eigenvalue weighted by Gasteiger charge is 2.16. The molecule has 0 spiro atoms. The maximum absolute atomic E-state index is 12.2. The van der Waals surface area contributed by atoms with Gasteiger partial charge in [0.25, 0.3) is 6.43 Å². The first-order chi connectivity index (χ1) is 7.66. The summed E-state index contributed by atoms with van der Waals surface area (Å²) in [5, 5.41) is 0. The third kappa shape index (κ3) is 2.44. The molecule has 0 aliphatic carbocycles. The second-order valence-corrected chi connectivity index (χ2v) is 3.89. The van der Waals surface area contributed by atoms with E-state index in [4.69, 9.17) is 0 Å². The van der Waals surface area contributed by atoms with Crippen molar-refractivity contribution in [2.45, 2.75) is 6.43 Å². The van der Waals surface area contributed by atoms with E-state index in [1.54, 1.807) is 0 Å². The topological polar surface area (TPSA) is 32.3 Å². The standard InChI is InChI=1S/C10H14F2N4/c1-15-2-4-16(5-3-15)8-6-13-10(9(11)12)14-7-8/h6-7,9H,2-5H2,1H3. The zero-order chi connectivity index (χ0) is 11.5. The van der Waals surface area contributed by atoms with Crippen molar-refractivity contribution in [2.24, 2.45) is 0 Å². The second kappa shape index (κ2) is 4.69. The lowest BCUT2D eigenvalue weighted by atomic mass is 10.3. The fourth-order valence-electron chi connectivity index (χ4n) is 1.67. The van der Waals surface area contributed by atoms with Gasteiger partial charge in [0.15, 0.2) is 5.82 Å². The number of aromatic nitrogens is 2. The van der Waals surface area contributed by atoms with E-state index < -0.39 is 12.2 Å². The highest BCUT2D eigenvalue weighted by molar-refractivity contribution is 5.42. The van der Waals surface area contributed by atoms with Crippen LogP contribution in [0.15, 0.2) is 12.4 Å². The predicted octanol–water partition coefficient (Wildman–Crippen LogP) is 1.17. The van der Waals surface area contributed by atoms with Gasteiger partial charge in [-0.05, 0) is 7.05 Å². The Morgan fingerprint density at radius 3 is 2.19 bits per heavy atom. The molecule has 1 saturated heterocycles. The number of alkyl halides is 2. The summed E-state index contributed by atoms with van der Waals surface area (Å²) in [6.45, 7) is 3.70. The van der Waals surface area contributed by atoms with Gasteiger partial charge < -0.3 is 9.80 Å². The Hall–Kier alpha value is -1.30. The van der Waals surface area contributed by atoms with Crippen molar-refractivity contribution in [1.82, 2.24) is 14.9 Å². The minimum atomic E-state index is -2.60. The van der Waals surface area contributed by atoms with Gasteiger partial charge in [0.2, 0.25) is 0 Å². The summed E-state index contributed by atoms with van der Waals surface area (Å²) in [6, 6.07) is 0. The summed E-state index contributed by atoms with van der Waals surface area (Å²) in [7, 11) is 2.06. The highest BCUT2D eigenvalue weighted by Crippen LogP contribution is 2.17. The number of hydrogen-bond acceptors (Lipinski definition) is 4. The van der Waals surface area contributed by atoms with Crippen molar-refractivity contribution in [3.05, 3.63) is 18.2 Å². The molecule has 1 aromatic rings. The van der Waals surface area contributed by atoms with E-state index in [9.17, 15) is 8.78 Å². The van der Waals surface area contributed by atoms with Gasteiger partial charge in [-0.3, -0.25) is 0 Å². The Balaban J connectivity index is 2.04. The molecule has 1 aromatic heterocycles. The monoisotopic (exact) mass is 228 g/mol. The molecule has 1 fully saturated rings. The maximum Gasteiger partial charge on any atom is 0.297 e. The van der Waals surface area contributed by atoms with Crippen LogP contribution in [0.5, 0.6) is 0 Å². The molecule has 0 amide bonds. The summed E-state index contributed by atoms with van der Waals surface area (Å²) in [5.41, 5.74) is 0.817. The smallest absolute Gasteiger partial charge is 0.297 e. The molecule has 88 valence electrons. The highest BCUT2D eigenvalue weighted by atomic mass is 19.3. The fourth-order valence-corrected chi connectivity index (χ4v) is 1.67. The van der Waals surface area contributed by atoms with E-state index in [0.29, 0.717) is 0 Å². The minimum absolute atomic E-state index is 0.405. The Bertz CT molecular complexity index is 333. The molecule has 16 heavy (non-hydrogen) atoms. The van der Waals surface area contributed by atoms with Gasteiger partial charge in [-0.15, -0.1) is 0 Å². The number of likely N-dealkylation sites (N-methyl/N-ethyl adjacent to an activating group) is 1. The molecule has 0 aromatic carbocycles. The van der Waals surface area contributed by atoms with E-state index >= 15 is 0 Å². The van der Waals surface area contributed by atoms with Crippen LogP contribution in [0.1, 0.15) is 12.2 Å². The van der Waals surface area contributed by atoms with Gasteiger partial charge in [-0.25, -0.2) is 18.7 Å². The van der Waals surface area contributed by atoms with Crippen LogP contribution in [0.4, 0.5) is 14.5 Å². The number of piperazine rings is 1. The lowest BCUT2D eigenvalue weighted by Crippen LogP contribution is -2.44. The van der Waals surface area contributed by atoms with Crippen LogP contribution in [-0.2, 0) is 0 Å². The molecule has 0 atom stereocenters. The van der Waals surface area contributed by atoms with Crippen molar-refractivity contribution in [2.75, 3.05) is 38.1 Å². The first-order valence-corrected chi connectivity index (χ1v) is 5.20. The lowest BCUT2D eigenvalue weighted by molar-refractivity contribution is 0.140. The van der Waals surface area contributed by atoms with Gasteiger partial charge >= 0.3 is 0 Å². The van der Waals surface area contributed by atoms with Gasteiger partial charge in [0.1, 0.15) is 0 Å². The molecule has 6 heteroatoms. The molecule has 1 aliphatic rings. The van der Waals surface area contributed by atoms with Gasteiger partial charge in [0, 0.05) is 26.2 Å². The molecule has 4 nitrogen and oxygen atoms in total. The van der Waals surface area contributed by atoms with Crippen LogP contribution in [0.3, 0.4) is 0 Å². The quantitative estimate of drug-likeness (QED) is 0.760. The van der Waals surface area contributed by atoms with E-state index in [0.717, 1.165) is 31.9 Å². The molecular weight excluding hydrogens is 214 g/mol. The van der Waals surface area contributed by atoms with Crippen LogP contribution in [0, 0.1) is 0 Å². The zero-order valence-electron chi connectivity index (χ0n) is 9.11. The second-order valence-electron chi connectivity index (χ2n) is 3.89. The first kappa shape index (κ1) is 11.2. The van der Waals surface area contributed by atoms with Crippen molar-refractivity contribution < 1.29 is 8.78 Å². The summed E-state index contributed by atoms with van der Waals surface area (Å²) >= 11 is 0. The molecule has 0 saturated carbocycles. The Morgan fingerprint density at radius 2 is 1.69 bits per heavy atom. The molecule has 0 bridgehead atoms. The predicted molar refractivity (Wildman–Crippen MR) is 56.7 cm³/mol. The van der Waals surface area contributed by atoms with Gasteiger partial charge in [-0.2, -0.15) is 0 Å². The van der Waals surface area contributed by atoms with Gasteiger partial charge in [0.05, 0.1) is 18.1 Å². The first-order valence-electron chi connectivity index (χ1n) is 5.20. The number of nitrogens with zero attached hydrogens (tertiary/aromatic N) is 4. The SMILES string of the molecule is CN1CCN(c2cnc(C(F)F)nc2)CC1. The van der Waals surface area contributed by atoms with Crippen molar-refractivity contribution in [3.63, 3.8) is 0 Å². The number of anilines is 1. The van der Waals surface area contributed by atoms with Crippen LogP contribution >= 0.6 is 0 Å². The van der Waals surface area contributed by atoms with Crippen LogP contribution in [-0.4, -0.2) is 48.1 Å². The molecular formula is C10H14F2N4. The lowest BCUT2D eigenvalue weighted by Gasteiger charge is -2.33. The molecule has 0 unspecified atom stereocenters. The Labute approximate surface area is 92.9 Å². The van der Waals surface area contributed by atoms with Crippen molar-refractivity contribution in [1.29, 1.82) is 0 Å². The number of halogens is 2. The molecule has 0 radical (unpaired) electrons. The molecule has 2 heterocycles. The maximum atomic E-state index is 12.2. The molecule has 2 rings (SSSR count). The van der Waals surface area contributed by atoms with E-state index in [1.807, 2.05) is 0 Å². The number of hydrogen-bond donors (Lipinski definition) is 0. The third-order valence-corrected chi connectivity index (χ3v) is 2.72. The van der Waals surface area contributed by atoms with Gasteiger partial charge in [-0.1, -0.05) is 0 Å². The summed E-state index contributed by atoms with van der Waals surface area (Å²) in [5.74, 6) is -0.405. The average Bonchev–Trinajstić information content (AvgIpc) is 2.30. The van der Waals surface area contributed by atoms with Crippen molar-refractivity contribution in [3.8, 4) is 0 Å². The average molecular weight is 228 g/mol. The van der Waals surface area contributed by atoms with Crippen LogP contribution in [0.25, 0.3) is 0 Å².